The van der Waals surface area contributed by atoms with Crippen LogP contribution in [0.15, 0.2) is 66.0 Å². The fourth-order valence-corrected chi connectivity index (χ4v) is 5.35. The predicted octanol–water partition coefficient (Wildman–Crippen LogP) is 5.40. The number of rotatable bonds is 9. The molecule has 7 nitrogen and oxygen atoms in total. The van der Waals surface area contributed by atoms with E-state index in [2.05, 4.69) is 5.32 Å². The number of thiophene rings is 1. The zero-order chi connectivity index (χ0) is 26.2. The van der Waals surface area contributed by atoms with Crippen LogP contribution in [0, 0.1) is 0 Å². The lowest BCUT2D eigenvalue weighted by molar-refractivity contribution is -0.127. The zero-order valence-electron chi connectivity index (χ0n) is 20.9. The molecule has 1 unspecified atom stereocenters. The number of anilines is 1. The Morgan fingerprint density at radius 3 is 2.35 bits per heavy atom. The molecule has 2 N–H and O–H groups in total. The van der Waals surface area contributed by atoms with Gasteiger partial charge in [0.2, 0.25) is 11.8 Å². The molecular formula is C29H32N2O5S. The third-order valence-corrected chi connectivity index (χ3v) is 7.37. The number of hydrogen-bond donors (Lipinski definition) is 2. The number of hydrogen-bond acceptors (Lipinski definition) is 6. The smallest absolute Gasteiger partial charge is 0.338 e. The van der Waals surface area contributed by atoms with Gasteiger partial charge in [0.15, 0.2) is 0 Å². The lowest BCUT2D eigenvalue weighted by Crippen LogP contribution is -2.47. The van der Waals surface area contributed by atoms with Crippen LogP contribution in [0.4, 0.5) is 5.69 Å². The maximum absolute atomic E-state index is 13.8. The highest BCUT2D eigenvalue weighted by Gasteiger charge is 2.34. The van der Waals surface area contributed by atoms with E-state index in [-0.39, 0.29) is 36.6 Å². The SMILES string of the molecule is CCOC(=O)c1ccc(N(C(=O)Cc2cccs2)C(C(=O)NC2CCCCC2)c2ccc(O)cc2)cc1. The first-order valence-electron chi connectivity index (χ1n) is 12.7. The van der Waals surface area contributed by atoms with E-state index in [1.54, 1.807) is 43.3 Å². The van der Waals surface area contributed by atoms with E-state index < -0.39 is 12.0 Å². The molecule has 0 aliphatic heterocycles. The van der Waals surface area contributed by atoms with Gasteiger partial charge in [-0.1, -0.05) is 37.5 Å². The minimum Gasteiger partial charge on any atom is -0.508 e. The monoisotopic (exact) mass is 520 g/mol. The molecule has 37 heavy (non-hydrogen) atoms. The van der Waals surface area contributed by atoms with Gasteiger partial charge in [-0.2, -0.15) is 0 Å². The Kier molecular flexibility index (Phi) is 8.95. The number of benzene rings is 2. The molecule has 1 aromatic heterocycles. The molecule has 4 rings (SSSR count). The van der Waals surface area contributed by atoms with Crippen molar-refractivity contribution < 1.29 is 24.2 Å². The summed E-state index contributed by atoms with van der Waals surface area (Å²) in [4.78, 5) is 42.2. The van der Waals surface area contributed by atoms with E-state index in [4.69, 9.17) is 4.74 Å². The highest BCUT2D eigenvalue weighted by atomic mass is 32.1. The summed E-state index contributed by atoms with van der Waals surface area (Å²) < 4.78 is 5.09. The van der Waals surface area contributed by atoms with Crippen molar-refractivity contribution in [3.05, 3.63) is 82.0 Å². The Bertz CT molecular complexity index is 1190. The summed E-state index contributed by atoms with van der Waals surface area (Å²) >= 11 is 1.48. The number of carbonyl (C=O) groups excluding carboxylic acids is 3. The molecule has 1 fully saturated rings. The van der Waals surface area contributed by atoms with Crippen molar-refractivity contribution in [3.8, 4) is 5.75 Å². The molecule has 0 saturated heterocycles. The second kappa shape index (κ2) is 12.5. The molecule has 2 amide bonds. The summed E-state index contributed by atoms with van der Waals surface area (Å²) in [5.41, 5.74) is 1.44. The third-order valence-electron chi connectivity index (χ3n) is 6.50. The van der Waals surface area contributed by atoms with Gasteiger partial charge in [0.1, 0.15) is 11.8 Å². The zero-order valence-corrected chi connectivity index (χ0v) is 21.7. The van der Waals surface area contributed by atoms with Crippen LogP contribution in [0.3, 0.4) is 0 Å². The van der Waals surface area contributed by atoms with Crippen molar-refractivity contribution in [2.45, 2.75) is 57.5 Å². The third kappa shape index (κ3) is 6.77. The molecule has 2 aromatic carbocycles. The quantitative estimate of drug-likeness (QED) is 0.369. The molecule has 0 spiro atoms. The Balaban J connectivity index is 1.73. The topological polar surface area (TPSA) is 95.9 Å². The molecule has 0 bridgehead atoms. The normalized spacial score (nSPS) is 14.5. The van der Waals surface area contributed by atoms with Crippen LogP contribution in [0.25, 0.3) is 0 Å². The maximum Gasteiger partial charge on any atom is 0.338 e. The van der Waals surface area contributed by atoms with Gasteiger partial charge >= 0.3 is 5.97 Å². The van der Waals surface area contributed by atoms with Gasteiger partial charge in [0, 0.05) is 16.6 Å². The number of nitrogens with zero attached hydrogens (tertiary/aromatic N) is 1. The van der Waals surface area contributed by atoms with Crippen LogP contribution in [0.2, 0.25) is 0 Å². The number of carbonyl (C=O) groups is 3. The van der Waals surface area contributed by atoms with Crippen LogP contribution < -0.4 is 10.2 Å². The molecule has 8 heteroatoms. The van der Waals surface area contributed by atoms with Gasteiger partial charge in [-0.05, 0) is 73.2 Å². The molecular weight excluding hydrogens is 488 g/mol. The number of esters is 1. The van der Waals surface area contributed by atoms with Crippen molar-refractivity contribution in [1.82, 2.24) is 5.32 Å². The summed E-state index contributed by atoms with van der Waals surface area (Å²) in [6.45, 7) is 2.00. The molecule has 194 valence electrons. The number of nitrogens with one attached hydrogen (secondary N) is 1. The van der Waals surface area contributed by atoms with E-state index in [1.807, 2.05) is 17.5 Å². The van der Waals surface area contributed by atoms with Gasteiger partial charge in [0.05, 0.1) is 18.6 Å². The van der Waals surface area contributed by atoms with E-state index in [9.17, 15) is 19.5 Å². The Labute approximate surface area is 221 Å². The highest BCUT2D eigenvalue weighted by Crippen LogP contribution is 2.31. The molecule has 1 aliphatic carbocycles. The minimum absolute atomic E-state index is 0.0568. The second-order valence-electron chi connectivity index (χ2n) is 9.12. The van der Waals surface area contributed by atoms with Crippen molar-refractivity contribution >= 4 is 34.8 Å². The largest absolute Gasteiger partial charge is 0.508 e. The van der Waals surface area contributed by atoms with Crippen molar-refractivity contribution in [3.63, 3.8) is 0 Å². The van der Waals surface area contributed by atoms with E-state index in [0.29, 0.717) is 16.8 Å². The molecule has 0 radical (unpaired) electrons. The van der Waals surface area contributed by atoms with E-state index >= 15 is 0 Å². The first-order valence-corrected chi connectivity index (χ1v) is 13.5. The fourth-order valence-electron chi connectivity index (χ4n) is 4.66. The maximum atomic E-state index is 13.8. The molecule has 1 aliphatic rings. The first-order chi connectivity index (χ1) is 18.0. The van der Waals surface area contributed by atoms with Crippen LogP contribution in [0.5, 0.6) is 5.75 Å². The van der Waals surface area contributed by atoms with Crippen LogP contribution in [0.1, 0.15) is 65.9 Å². The Morgan fingerprint density at radius 1 is 1.03 bits per heavy atom. The summed E-state index contributed by atoms with van der Waals surface area (Å²) in [5, 5.41) is 15.0. The molecule has 1 heterocycles. The van der Waals surface area contributed by atoms with Crippen molar-refractivity contribution in [2.75, 3.05) is 11.5 Å². The summed E-state index contributed by atoms with van der Waals surface area (Å²) in [5.74, 6) is -0.893. The highest BCUT2D eigenvalue weighted by molar-refractivity contribution is 7.10. The van der Waals surface area contributed by atoms with Gasteiger partial charge < -0.3 is 15.2 Å². The van der Waals surface area contributed by atoms with Gasteiger partial charge in [-0.3, -0.25) is 14.5 Å². The number of amides is 2. The van der Waals surface area contributed by atoms with Crippen LogP contribution in [-0.4, -0.2) is 35.5 Å². The summed E-state index contributed by atoms with van der Waals surface area (Å²) in [7, 11) is 0. The summed E-state index contributed by atoms with van der Waals surface area (Å²) in [6.07, 6.45) is 5.22. The average molecular weight is 521 g/mol. The number of aromatic hydroxyl groups is 1. The fraction of sp³-hybridized carbons (Fsp3) is 0.345. The molecule has 1 saturated carbocycles. The Hall–Kier alpha value is -3.65. The van der Waals surface area contributed by atoms with Gasteiger partial charge in [-0.25, -0.2) is 4.79 Å². The van der Waals surface area contributed by atoms with Crippen LogP contribution in [-0.2, 0) is 20.7 Å². The average Bonchev–Trinajstić information content (AvgIpc) is 3.41. The standard InChI is InChI=1S/C29H32N2O5S/c1-2-36-29(35)21-10-14-23(15-11-21)31(26(33)19-25-9-6-18-37-25)27(20-12-16-24(32)17-13-20)28(34)30-22-7-4-3-5-8-22/h6,9-18,22,27,32H,2-5,7-8,19H2,1H3,(H,30,34). The molecule has 3 aromatic rings. The van der Waals surface area contributed by atoms with Crippen molar-refractivity contribution in [2.24, 2.45) is 0 Å². The lowest BCUT2D eigenvalue weighted by atomic mass is 9.94. The van der Waals surface area contributed by atoms with Gasteiger partial charge in [0.25, 0.3) is 0 Å². The number of phenols is 1. The Morgan fingerprint density at radius 2 is 1.73 bits per heavy atom. The lowest BCUT2D eigenvalue weighted by Gasteiger charge is -2.33. The number of ether oxygens (including phenoxy) is 1. The van der Waals surface area contributed by atoms with E-state index in [0.717, 1.165) is 37.0 Å². The summed E-state index contributed by atoms with van der Waals surface area (Å²) in [6, 6.07) is 15.8. The van der Waals surface area contributed by atoms with E-state index in [1.165, 1.54) is 28.4 Å². The van der Waals surface area contributed by atoms with Crippen molar-refractivity contribution in [1.29, 1.82) is 0 Å². The molecule has 1 atom stereocenters. The minimum atomic E-state index is -0.955. The number of phenolic OH excluding ortho intramolecular Hbond substituents is 1. The van der Waals surface area contributed by atoms with Crippen LogP contribution >= 0.6 is 11.3 Å². The first kappa shape index (κ1) is 26.4. The van der Waals surface area contributed by atoms with Gasteiger partial charge in [-0.15, -0.1) is 11.3 Å². The predicted molar refractivity (Wildman–Crippen MR) is 144 cm³/mol. The second-order valence-corrected chi connectivity index (χ2v) is 10.2.